The maximum absolute atomic E-state index is 12.8. The van der Waals surface area contributed by atoms with E-state index in [0.29, 0.717) is 17.2 Å². The quantitative estimate of drug-likeness (QED) is 0.555. The summed E-state index contributed by atoms with van der Waals surface area (Å²) in [6.45, 7) is 0.946. The van der Waals surface area contributed by atoms with E-state index in [4.69, 9.17) is 20.8 Å². The zero-order valence-electron chi connectivity index (χ0n) is 17.2. The van der Waals surface area contributed by atoms with Crippen LogP contribution in [0.4, 0.5) is 6.01 Å². The van der Waals surface area contributed by atoms with Gasteiger partial charge >= 0.3 is 6.01 Å². The summed E-state index contributed by atoms with van der Waals surface area (Å²) in [4.78, 5) is 12.6. The van der Waals surface area contributed by atoms with Crippen LogP contribution in [0.25, 0.3) is 11.5 Å². The number of halogens is 1. The fourth-order valence-electron chi connectivity index (χ4n) is 3.28. The summed E-state index contributed by atoms with van der Waals surface area (Å²) in [5.74, 6) is -0.277. The molecule has 4 rings (SSSR count). The average Bonchev–Trinajstić information content (AvgIpc) is 3.46. The second kappa shape index (κ2) is 9.37. The first-order valence-electron chi connectivity index (χ1n) is 9.92. The van der Waals surface area contributed by atoms with Gasteiger partial charge in [0.05, 0.1) is 11.0 Å². The first-order chi connectivity index (χ1) is 15.3. The molecule has 32 heavy (non-hydrogen) atoms. The highest BCUT2D eigenvalue weighted by molar-refractivity contribution is 7.89. The van der Waals surface area contributed by atoms with Crippen LogP contribution in [0.5, 0.6) is 0 Å². The van der Waals surface area contributed by atoms with Gasteiger partial charge in [-0.2, -0.15) is 4.31 Å². The number of carbonyl (C=O) groups excluding carboxylic acids is 1. The van der Waals surface area contributed by atoms with Crippen molar-refractivity contribution in [2.24, 2.45) is 0 Å². The summed E-state index contributed by atoms with van der Waals surface area (Å²) < 4.78 is 37.8. The molecule has 0 spiro atoms. The van der Waals surface area contributed by atoms with Crippen molar-refractivity contribution in [2.45, 2.75) is 23.8 Å². The van der Waals surface area contributed by atoms with Gasteiger partial charge < -0.3 is 9.15 Å². The number of hydrogen-bond donors (Lipinski definition) is 1. The minimum absolute atomic E-state index is 0.0760. The fraction of sp³-hybridized carbons (Fsp3) is 0.286. The lowest BCUT2D eigenvalue weighted by Gasteiger charge is -2.20. The number of aromatic nitrogens is 2. The summed E-state index contributed by atoms with van der Waals surface area (Å²) in [5.41, 5.74) is 0.904. The van der Waals surface area contributed by atoms with Gasteiger partial charge in [-0.15, -0.1) is 5.10 Å². The minimum atomic E-state index is -3.69. The molecule has 1 amide bonds. The Hall–Kier alpha value is -2.79. The van der Waals surface area contributed by atoms with Gasteiger partial charge in [-0.05, 0) is 61.4 Å². The average molecular weight is 477 g/mol. The van der Waals surface area contributed by atoms with Crippen LogP contribution in [-0.2, 0) is 14.8 Å². The van der Waals surface area contributed by atoms with Gasteiger partial charge in [0.15, 0.2) is 0 Å². The van der Waals surface area contributed by atoms with E-state index < -0.39 is 15.9 Å². The summed E-state index contributed by atoms with van der Waals surface area (Å²) in [7, 11) is -2.17. The summed E-state index contributed by atoms with van der Waals surface area (Å²) >= 11 is 5.87. The number of likely N-dealkylation sites (N-methyl/N-ethyl adjacent to an activating group) is 1. The molecule has 0 saturated carbocycles. The molecule has 1 aromatic heterocycles. The maximum atomic E-state index is 12.8. The smallest absolute Gasteiger partial charge is 0.322 e. The molecular formula is C21H21ClN4O5S. The molecule has 168 valence electrons. The lowest BCUT2D eigenvalue weighted by Crippen LogP contribution is -2.34. The van der Waals surface area contributed by atoms with E-state index in [1.807, 2.05) is 0 Å². The third-order valence-electron chi connectivity index (χ3n) is 5.05. The van der Waals surface area contributed by atoms with E-state index in [9.17, 15) is 13.2 Å². The van der Waals surface area contributed by atoms with Gasteiger partial charge in [-0.3, -0.25) is 10.1 Å². The third kappa shape index (κ3) is 4.99. The first-order valence-corrected chi connectivity index (χ1v) is 11.7. The largest absolute Gasteiger partial charge is 0.403 e. The van der Waals surface area contributed by atoms with Gasteiger partial charge in [0, 0.05) is 36.3 Å². The molecule has 0 radical (unpaired) electrons. The maximum Gasteiger partial charge on any atom is 0.322 e. The van der Waals surface area contributed by atoms with Crippen LogP contribution >= 0.6 is 11.6 Å². The molecule has 1 aliphatic heterocycles. The zero-order chi connectivity index (χ0) is 22.7. The highest BCUT2D eigenvalue weighted by Gasteiger charge is 2.26. The van der Waals surface area contributed by atoms with Crippen molar-refractivity contribution in [3.63, 3.8) is 0 Å². The fourth-order valence-corrected chi connectivity index (χ4v) is 4.61. The molecule has 0 bridgehead atoms. The molecule has 2 aromatic carbocycles. The number of carbonyl (C=O) groups is 1. The van der Waals surface area contributed by atoms with E-state index in [1.165, 1.54) is 35.6 Å². The van der Waals surface area contributed by atoms with Crippen molar-refractivity contribution < 1.29 is 22.4 Å². The lowest BCUT2D eigenvalue weighted by molar-refractivity contribution is 0.0979. The minimum Gasteiger partial charge on any atom is -0.403 e. The van der Waals surface area contributed by atoms with Crippen molar-refractivity contribution in [3.05, 3.63) is 59.1 Å². The van der Waals surface area contributed by atoms with Crippen LogP contribution in [0.2, 0.25) is 5.02 Å². The summed E-state index contributed by atoms with van der Waals surface area (Å²) in [6.07, 6.45) is 1.69. The standard InChI is InChI=1S/C21H21ClN4O5S/c1-26(13-17-3-2-12-30-17)32(28,29)18-10-6-14(7-11-18)19(27)23-21-25-24-20(31-21)15-4-8-16(22)9-5-15/h4-11,17H,2-3,12-13H2,1H3,(H,23,25,27). The number of anilines is 1. The van der Waals surface area contributed by atoms with Gasteiger partial charge in [0.1, 0.15) is 0 Å². The Balaban J connectivity index is 1.41. The molecule has 2 heterocycles. The number of amides is 1. The van der Waals surface area contributed by atoms with Gasteiger partial charge in [-0.1, -0.05) is 16.7 Å². The Morgan fingerprint density at radius 1 is 1.16 bits per heavy atom. The Morgan fingerprint density at radius 3 is 2.53 bits per heavy atom. The number of nitrogens with one attached hydrogen (secondary N) is 1. The normalized spacial score (nSPS) is 16.4. The summed E-state index contributed by atoms with van der Waals surface area (Å²) in [6, 6.07) is 12.4. The monoisotopic (exact) mass is 476 g/mol. The van der Waals surface area contributed by atoms with Crippen LogP contribution < -0.4 is 5.32 Å². The highest BCUT2D eigenvalue weighted by Crippen LogP contribution is 2.23. The second-order valence-corrected chi connectivity index (χ2v) is 9.80. The van der Waals surface area contributed by atoms with E-state index in [-0.39, 0.29) is 35.0 Å². The van der Waals surface area contributed by atoms with Crippen LogP contribution in [-0.4, -0.2) is 55.1 Å². The number of nitrogens with zero attached hydrogens (tertiary/aromatic N) is 3. The Labute approximate surface area is 190 Å². The van der Waals surface area contributed by atoms with Crippen LogP contribution in [0.3, 0.4) is 0 Å². The molecule has 1 fully saturated rings. The number of sulfonamides is 1. The van der Waals surface area contributed by atoms with Crippen LogP contribution in [0.1, 0.15) is 23.2 Å². The SMILES string of the molecule is CN(CC1CCCO1)S(=O)(=O)c1ccc(C(=O)Nc2nnc(-c3ccc(Cl)cc3)o2)cc1. The highest BCUT2D eigenvalue weighted by atomic mass is 35.5. The van der Waals surface area contributed by atoms with Crippen molar-refractivity contribution in [1.29, 1.82) is 0 Å². The Bertz CT molecular complexity index is 1190. The number of rotatable bonds is 7. The molecule has 1 unspecified atom stereocenters. The van der Waals surface area contributed by atoms with Crippen molar-refractivity contribution in [3.8, 4) is 11.5 Å². The molecular weight excluding hydrogens is 456 g/mol. The van der Waals surface area contributed by atoms with Crippen molar-refractivity contribution in [1.82, 2.24) is 14.5 Å². The van der Waals surface area contributed by atoms with Gasteiger partial charge in [0.25, 0.3) is 5.91 Å². The number of ether oxygens (including phenoxy) is 1. The van der Waals surface area contributed by atoms with Crippen molar-refractivity contribution >= 4 is 33.5 Å². The van der Waals surface area contributed by atoms with Crippen LogP contribution in [0.15, 0.2) is 57.8 Å². The third-order valence-corrected chi connectivity index (χ3v) is 7.14. The van der Waals surface area contributed by atoms with Gasteiger partial charge in [0.2, 0.25) is 15.9 Å². The van der Waals surface area contributed by atoms with Crippen LogP contribution in [0, 0.1) is 0 Å². The van der Waals surface area contributed by atoms with E-state index in [1.54, 1.807) is 24.3 Å². The Morgan fingerprint density at radius 2 is 1.88 bits per heavy atom. The molecule has 1 aliphatic rings. The predicted molar refractivity (Wildman–Crippen MR) is 118 cm³/mol. The predicted octanol–water partition coefficient (Wildman–Crippen LogP) is 3.44. The molecule has 11 heteroatoms. The zero-order valence-corrected chi connectivity index (χ0v) is 18.8. The molecule has 1 saturated heterocycles. The molecule has 0 aliphatic carbocycles. The molecule has 1 atom stereocenters. The van der Waals surface area contributed by atoms with E-state index >= 15 is 0 Å². The molecule has 3 aromatic rings. The topological polar surface area (TPSA) is 115 Å². The first kappa shape index (κ1) is 22.4. The second-order valence-electron chi connectivity index (χ2n) is 7.32. The number of hydrogen-bond acceptors (Lipinski definition) is 7. The van der Waals surface area contributed by atoms with E-state index in [0.717, 1.165) is 12.8 Å². The lowest BCUT2D eigenvalue weighted by atomic mass is 10.2. The summed E-state index contributed by atoms with van der Waals surface area (Å²) in [5, 5.41) is 10.8. The van der Waals surface area contributed by atoms with Gasteiger partial charge in [-0.25, -0.2) is 8.42 Å². The Kier molecular flexibility index (Phi) is 6.56. The molecule has 1 N–H and O–H groups in total. The van der Waals surface area contributed by atoms with E-state index in [2.05, 4.69) is 15.5 Å². The van der Waals surface area contributed by atoms with Crippen molar-refractivity contribution in [2.75, 3.05) is 25.5 Å². The number of benzene rings is 2. The molecule has 9 nitrogen and oxygen atoms in total.